The Labute approximate surface area is 119 Å². The first-order valence-electron chi connectivity index (χ1n) is 8.78. The van der Waals surface area contributed by atoms with Crippen molar-refractivity contribution in [2.75, 3.05) is 13.1 Å². The number of nitrogens with zero attached hydrogens (tertiary/aromatic N) is 1. The minimum Gasteiger partial charge on any atom is -0.311 e. The molecule has 19 heavy (non-hydrogen) atoms. The number of nitrogens with one attached hydrogen (secondary N) is 1. The molecule has 0 bridgehead atoms. The molecule has 0 spiro atoms. The Balaban J connectivity index is 1.67. The van der Waals surface area contributed by atoms with Crippen LogP contribution in [0.2, 0.25) is 0 Å². The van der Waals surface area contributed by atoms with Gasteiger partial charge in [-0.1, -0.05) is 39.5 Å². The molecule has 2 aliphatic carbocycles. The minimum absolute atomic E-state index is 0.795. The highest BCUT2D eigenvalue weighted by atomic mass is 15.3. The van der Waals surface area contributed by atoms with E-state index in [9.17, 15) is 0 Å². The minimum atomic E-state index is 0.795. The molecule has 0 aromatic carbocycles. The van der Waals surface area contributed by atoms with Crippen LogP contribution in [0.3, 0.4) is 0 Å². The van der Waals surface area contributed by atoms with E-state index in [1.165, 1.54) is 64.5 Å². The molecule has 3 unspecified atom stereocenters. The molecular formula is C17H32N2. The lowest BCUT2D eigenvalue weighted by Gasteiger charge is -2.48. The van der Waals surface area contributed by atoms with Crippen LogP contribution in [-0.2, 0) is 0 Å². The van der Waals surface area contributed by atoms with Gasteiger partial charge in [0.25, 0.3) is 0 Å². The van der Waals surface area contributed by atoms with Crippen LogP contribution in [0.4, 0.5) is 0 Å². The number of hydrogen-bond donors (Lipinski definition) is 1. The second-order valence-corrected chi connectivity index (χ2v) is 7.29. The van der Waals surface area contributed by atoms with Crippen molar-refractivity contribution in [2.24, 2.45) is 11.8 Å². The summed E-state index contributed by atoms with van der Waals surface area (Å²) in [4.78, 5) is 2.94. The molecule has 3 fully saturated rings. The van der Waals surface area contributed by atoms with Gasteiger partial charge in [-0.15, -0.1) is 0 Å². The van der Waals surface area contributed by atoms with Gasteiger partial charge in [0.1, 0.15) is 0 Å². The summed E-state index contributed by atoms with van der Waals surface area (Å²) in [5.41, 5.74) is 0. The summed E-state index contributed by atoms with van der Waals surface area (Å²) in [5, 5.41) is 3.87. The maximum atomic E-state index is 3.87. The van der Waals surface area contributed by atoms with Crippen LogP contribution in [0.1, 0.15) is 65.2 Å². The van der Waals surface area contributed by atoms with Crippen LogP contribution >= 0.6 is 0 Å². The molecule has 0 aromatic rings. The maximum absolute atomic E-state index is 3.87. The summed E-state index contributed by atoms with van der Waals surface area (Å²) in [6.45, 7) is 7.40. The molecule has 1 aliphatic heterocycles. The summed E-state index contributed by atoms with van der Waals surface area (Å²) in [6.07, 6.45) is 11.6. The molecule has 2 nitrogen and oxygen atoms in total. The van der Waals surface area contributed by atoms with Crippen molar-refractivity contribution in [3.63, 3.8) is 0 Å². The topological polar surface area (TPSA) is 15.3 Å². The third-order valence-corrected chi connectivity index (χ3v) is 5.96. The molecule has 3 atom stereocenters. The third kappa shape index (κ3) is 3.16. The predicted molar refractivity (Wildman–Crippen MR) is 81.3 cm³/mol. The fourth-order valence-electron chi connectivity index (χ4n) is 4.26. The van der Waals surface area contributed by atoms with E-state index in [1.807, 2.05) is 0 Å². The van der Waals surface area contributed by atoms with Gasteiger partial charge in [-0.3, -0.25) is 4.90 Å². The molecule has 110 valence electrons. The van der Waals surface area contributed by atoms with Gasteiger partial charge in [0.05, 0.1) is 0 Å². The largest absolute Gasteiger partial charge is 0.311 e. The van der Waals surface area contributed by atoms with Crippen molar-refractivity contribution in [3.05, 3.63) is 0 Å². The lowest BCUT2D eigenvalue weighted by Crippen LogP contribution is -2.62. The van der Waals surface area contributed by atoms with Gasteiger partial charge in [-0.25, -0.2) is 0 Å². The summed E-state index contributed by atoms with van der Waals surface area (Å²) >= 11 is 0. The van der Waals surface area contributed by atoms with E-state index in [1.54, 1.807) is 0 Å². The van der Waals surface area contributed by atoms with Crippen molar-refractivity contribution in [3.8, 4) is 0 Å². The Morgan fingerprint density at radius 1 is 1.11 bits per heavy atom. The van der Waals surface area contributed by atoms with E-state index < -0.39 is 0 Å². The monoisotopic (exact) mass is 264 g/mol. The zero-order valence-corrected chi connectivity index (χ0v) is 12.9. The highest BCUT2D eigenvalue weighted by molar-refractivity contribution is 4.97. The second-order valence-electron chi connectivity index (χ2n) is 7.29. The van der Waals surface area contributed by atoms with Crippen LogP contribution in [0, 0.1) is 11.8 Å². The van der Waals surface area contributed by atoms with Crippen molar-refractivity contribution in [1.29, 1.82) is 0 Å². The van der Waals surface area contributed by atoms with Crippen molar-refractivity contribution in [1.82, 2.24) is 10.2 Å². The Kier molecular flexibility index (Phi) is 4.48. The van der Waals surface area contributed by atoms with Crippen LogP contribution in [0.25, 0.3) is 0 Å². The summed E-state index contributed by atoms with van der Waals surface area (Å²) in [5.74, 6) is 1.85. The fourth-order valence-corrected chi connectivity index (χ4v) is 4.26. The van der Waals surface area contributed by atoms with Crippen LogP contribution in [0.5, 0.6) is 0 Å². The molecule has 0 amide bonds. The van der Waals surface area contributed by atoms with E-state index in [0.717, 1.165) is 30.0 Å². The highest BCUT2D eigenvalue weighted by Gasteiger charge is 2.40. The summed E-state index contributed by atoms with van der Waals surface area (Å²) < 4.78 is 0. The molecule has 1 saturated heterocycles. The predicted octanol–water partition coefficient (Wildman–Crippen LogP) is 3.42. The van der Waals surface area contributed by atoms with Crippen molar-refractivity contribution in [2.45, 2.75) is 83.3 Å². The van der Waals surface area contributed by atoms with E-state index in [-0.39, 0.29) is 0 Å². The van der Waals surface area contributed by atoms with Crippen LogP contribution in [0.15, 0.2) is 0 Å². The van der Waals surface area contributed by atoms with Gasteiger partial charge in [-0.05, 0) is 37.5 Å². The van der Waals surface area contributed by atoms with Crippen molar-refractivity contribution >= 4 is 0 Å². The van der Waals surface area contributed by atoms with Gasteiger partial charge in [-0.2, -0.15) is 0 Å². The van der Waals surface area contributed by atoms with Gasteiger partial charge < -0.3 is 5.32 Å². The van der Waals surface area contributed by atoms with E-state index in [2.05, 4.69) is 24.1 Å². The second kappa shape index (κ2) is 6.13. The SMILES string of the molecule is CCC(C)C1CNC(C2CC2)CN1C1CCCCC1. The fraction of sp³-hybridized carbons (Fsp3) is 1.00. The molecule has 3 rings (SSSR count). The lowest BCUT2D eigenvalue weighted by atomic mass is 9.87. The Hall–Kier alpha value is -0.0800. The van der Waals surface area contributed by atoms with E-state index in [0.29, 0.717) is 0 Å². The molecule has 1 heterocycles. The van der Waals surface area contributed by atoms with Gasteiger partial charge in [0.2, 0.25) is 0 Å². The zero-order chi connectivity index (χ0) is 13.2. The van der Waals surface area contributed by atoms with Gasteiger partial charge in [0.15, 0.2) is 0 Å². The molecule has 1 N–H and O–H groups in total. The van der Waals surface area contributed by atoms with Crippen LogP contribution in [-0.4, -0.2) is 36.1 Å². The molecule has 0 aromatic heterocycles. The molecule has 0 radical (unpaired) electrons. The Morgan fingerprint density at radius 2 is 1.84 bits per heavy atom. The first kappa shape index (κ1) is 13.9. The summed E-state index contributed by atoms with van der Waals surface area (Å²) in [7, 11) is 0. The van der Waals surface area contributed by atoms with Gasteiger partial charge >= 0.3 is 0 Å². The molecule has 2 heteroatoms. The zero-order valence-electron chi connectivity index (χ0n) is 12.9. The number of rotatable bonds is 4. The highest BCUT2D eigenvalue weighted by Crippen LogP contribution is 2.37. The Morgan fingerprint density at radius 3 is 2.47 bits per heavy atom. The number of piperazine rings is 1. The Bertz CT molecular complexity index is 281. The molecular weight excluding hydrogens is 232 g/mol. The van der Waals surface area contributed by atoms with Gasteiger partial charge in [0, 0.05) is 31.2 Å². The molecule has 2 saturated carbocycles. The standard InChI is InChI=1S/C17H32N2/c1-3-13(2)17-11-18-16(14-9-10-14)12-19(17)15-7-5-4-6-8-15/h13-18H,3-12H2,1-2H3. The van der Waals surface area contributed by atoms with Crippen molar-refractivity contribution < 1.29 is 0 Å². The normalized spacial score (nSPS) is 36.3. The smallest absolute Gasteiger partial charge is 0.0249 e. The van der Waals surface area contributed by atoms with E-state index >= 15 is 0 Å². The first-order valence-corrected chi connectivity index (χ1v) is 8.78. The lowest BCUT2D eigenvalue weighted by molar-refractivity contribution is 0.0305. The first-order chi connectivity index (χ1) is 9.29. The summed E-state index contributed by atoms with van der Waals surface area (Å²) in [6, 6.07) is 2.50. The number of hydrogen-bond acceptors (Lipinski definition) is 2. The quantitative estimate of drug-likeness (QED) is 0.837. The average Bonchev–Trinajstić information content (AvgIpc) is 3.31. The van der Waals surface area contributed by atoms with Crippen LogP contribution < -0.4 is 5.32 Å². The third-order valence-electron chi connectivity index (χ3n) is 5.96. The van der Waals surface area contributed by atoms with E-state index in [4.69, 9.17) is 0 Å². The maximum Gasteiger partial charge on any atom is 0.0249 e. The average molecular weight is 264 g/mol. The molecule has 3 aliphatic rings.